The summed E-state index contributed by atoms with van der Waals surface area (Å²) in [7, 11) is 0. The third-order valence-electron chi connectivity index (χ3n) is 1.76. The topological polar surface area (TPSA) is 90.6 Å². The highest BCUT2D eigenvalue weighted by Crippen LogP contribution is 2.13. The highest BCUT2D eigenvalue weighted by molar-refractivity contribution is 6.12. The van der Waals surface area contributed by atoms with Gasteiger partial charge in [0, 0.05) is 0 Å². The average molecular weight is 232 g/mol. The molecule has 6 heteroatoms. The fourth-order valence-electron chi connectivity index (χ4n) is 0.920. The SMILES string of the molecule is C=C(C(=O)O)C(=O)ON(C#N)c1ccccc1. The van der Waals surface area contributed by atoms with Gasteiger partial charge in [0.2, 0.25) is 6.19 Å². The van der Waals surface area contributed by atoms with Crippen LogP contribution in [0.25, 0.3) is 0 Å². The van der Waals surface area contributed by atoms with E-state index in [0.717, 1.165) is 0 Å². The van der Waals surface area contributed by atoms with Crippen LogP contribution < -0.4 is 5.06 Å². The molecule has 0 saturated carbocycles. The van der Waals surface area contributed by atoms with E-state index in [1.165, 1.54) is 12.1 Å². The van der Waals surface area contributed by atoms with Crippen molar-refractivity contribution in [3.63, 3.8) is 0 Å². The molecule has 0 aliphatic heterocycles. The van der Waals surface area contributed by atoms with Crippen molar-refractivity contribution >= 4 is 17.6 Å². The first kappa shape index (κ1) is 12.3. The van der Waals surface area contributed by atoms with E-state index < -0.39 is 17.5 Å². The van der Waals surface area contributed by atoms with Gasteiger partial charge in [-0.25, -0.2) is 9.59 Å². The summed E-state index contributed by atoms with van der Waals surface area (Å²) in [6, 6.07) is 8.05. The summed E-state index contributed by atoms with van der Waals surface area (Å²) in [5, 5.41) is 17.9. The second-order valence-corrected chi connectivity index (χ2v) is 2.89. The summed E-state index contributed by atoms with van der Waals surface area (Å²) in [6.07, 6.45) is 1.60. The first-order valence-corrected chi connectivity index (χ1v) is 4.45. The number of hydroxylamine groups is 1. The largest absolute Gasteiger partial charge is 0.477 e. The molecule has 0 radical (unpaired) electrons. The molecule has 0 saturated heterocycles. The van der Waals surface area contributed by atoms with E-state index in [-0.39, 0.29) is 0 Å². The van der Waals surface area contributed by atoms with Gasteiger partial charge in [0.05, 0.1) is 5.69 Å². The molecule has 0 heterocycles. The first-order valence-electron chi connectivity index (χ1n) is 4.45. The zero-order valence-corrected chi connectivity index (χ0v) is 8.66. The molecular weight excluding hydrogens is 224 g/mol. The maximum Gasteiger partial charge on any atom is 0.371 e. The van der Waals surface area contributed by atoms with Gasteiger partial charge in [-0.05, 0) is 12.1 Å². The van der Waals surface area contributed by atoms with Gasteiger partial charge >= 0.3 is 11.9 Å². The molecule has 1 N–H and O–H groups in total. The fraction of sp³-hybridized carbons (Fsp3) is 0. The standard InChI is InChI=1S/C11H8N2O4/c1-8(10(14)15)11(16)17-13(7-12)9-5-3-2-4-6-9/h2-6H,1H2,(H,14,15). The Hall–Kier alpha value is -2.81. The van der Waals surface area contributed by atoms with Crippen LogP contribution in [0.2, 0.25) is 0 Å². The summed E-state index contributed by atoms with van der Waals surface area (Å²) in [4.78, 5) is 26.2. The summed E-state index contributed by atoms with van der Waals surface area (Å²) >= 11 is 0. The number of carboxylic acids is 1. The number of benzene rings is 1. The Labute approximate surface area is 96.9 Å². The lowest BCUT2D eigenvalue weighted by Gasteiger charge is -2.13. The Kier molecular flexibility index (Phi) is 3.84. The van der Waals surface area contributed by atoms with Gasteiger partial charge in [-0.15, -0.1) is 5.06 Å². The second kappa shape index (κ2) is 5.32. The van der Waals surface area contributed by atoms with Crippen LogP contribution in [0.15, 0.2) is 42.5 Å². The van der Waals surface area contributed by atoms with Crippen LogP contribution in [0.5, 0.6) is 0 Å². The number of para-hydroxylation sites is 1. The Bertz CT molecular complexity index is 490. The van der Waals surface area contributed by atoms with Crippen molar-refractivity contribution in [1.82, 2.24) is 0 Å². The van der Waals surface area contributed by atoms with Gasteiger partial charge in [0.25, 0.3) is 0 Å². The van der Waals surface area contributed by atoms with E-state index >= 15 is 0 Å². The van der Waals surface area contributed by atoms with Crippen molar-refractivity contribution in [1.29, 1.82) is 5.26 Å². The number of nitrogens with zero attached hydrogens (tertiary/aromatic N) is 2. The highest BCUT2D eigenvalue weighted by Gasteiger charge is 2.20. The number of hydrogen-bond acceptors (Lipinski definition) is 5. The Morgan fingerprint density at radius 3 is 2.41 bits per heavy atom. The maximum absolute atomic E-state index is 11.2. The number of hydrogen-bond donors (Lipinski definition) is 1. The van der Waals surface area contributed by atoms with Crippen LogP contribution in [0.1, 0.15) is 0 Å². The van der Waals surface area contributed by atoms with Crippen molar-refractivity contribution in [2.75, 3.05) is 5.06 Å². The molecule has 0 atom stereocenters. The van der Waals surface area contributed by atoms with Gasteiger partial charge in [-0.3, -0.25) is 0 Å². The molecule has 86 valence electrons. The molecule has 0 spiro atoms. The molecular formula is C11H8N2O4. The molecule has 1 aromatic carbocycles. The number of carbonyl (C=O) groups excluding carboxylic acids is 1. The van der Waals surface area contributed by atoms with Crippen molar-refractivity contribution < 1.29 is 19.5 Å². The third kappa shape index (κ3) is 3.07. The zero-order chi connectivity index (χ0) is 12.8. The molecule has 0 unspecified atom stereocenters. The third-order valence-corrected chi connectivity index (χ3v) is 1.76. The second-order valence-electron chi connectivity index (χ2n) is 2.89. The molecule has 0 fully saturated rings. The molecule has 0 aliphatic carbocycles. The Balaban J connectivity index is 2.80. The minimum Gasteiger partial charge on any atom is -0.477 e. The fourth-order valence-corrected chi connectivity index (χ4v) is 0.920. The van der Waals surface area contributed by atoms with Crippen molar-refractivity contribution in [2.45, 2.75) is 0 Å². The molecule has 0 amide bonds. The number of rotatable bonds is 4. The molecule has 1 rings (SSSR count). The number of carbonyl (C=O) groups is 2. The lowest BCUT2D eigenvalue weighted by molar-refractivity contribution is -0.144. The first-order chi connectivity index (χ1) is 8.06. The smallest absolute Gasteiger partial charge is 0.371 e. The monoisotopic (exact) mass is 232 g/mol. The summed E-state index contributed by atoms with van der Waals surface area (Å²) in [5.74, 6) is -2.69. The molecule has 0 aromatic heterocycles. The van der Waals surface area contributed by atoms with Crippen LogP contribution in [-0.4, -0.2) is 17.0 Å². The average Bonchev–Trinajstić information content (AvgIpc) is 2.35. The van der Waals surface area contributed by atoms with E-state index in [4.69, 9.17) is 10.4 Å². The summed E-state index contributed by atoms with van der Waals surface area (Å²) in [6.45, 7) is 3.02. The predicted molar refractivity (Wildman–Crippen MR) is 57.4 cm³/mol. The number of nitriles is 1. The van der Waals surface area contributed by atoms with E-state index in [1.54, 1.807) is 24.4 Å². The number of aliphatic carboxylic acids is 1. The molecule has 17 heavy (non-hydrogen) atoms. The maximum atomic E-state index is 11.2. The van der Waals surface area contributed by atoms with Gasteiger partial charge < -0.3 is 9.94 Å². The number of anilines is 1. The van der Waals surface area contributed by atoms with Crippen LogP contribution in [0, 0.1) is 11.5 Å². The van der Waals surface area contributed by atoms with Crippen LogP contribution >= 0.6 is 0 Å². The van der Waals surface area contributed by atoms with Crippen molar-refractivity contribution in [3.8, 4) is 6.19 Å². The van der Waals surface area contributed by atoms with Crippen LogP contribution in [0.4, 0.5) is 5.69 Å². The van der Waals surface area contributed by atoms with Gasteiger partial charge in [0.15, 0.2) is 0 Å². The van der Waals surface area contributed by atoms with E-state index in [2.05, 4.69) is 11.4 Å². The molecule has 0 bridgehead atoms. The van der Waals surface area contributed by atoms with E-state index in [9.17, 15) is 9.59 Å². The van der Waals surface area contributed by atoms with Gasteiger partial charge in [-0.2, -0.15) is 5.26 Å². The summed E-state index contributed by atoms with van der Waals surface area (Å²) in [5.41, 5.74) is -0.442. The summed E-state index contributed by atoms with van der Waals surface area (Å²) < 4.78 is 0. The molecule has 1 aromatic rings. The van der Waals surface area contributed by atoms with Crippen molar-refractivity contribution in [3.05, 3.63) is 42.5 Å². The normalized spacial score (nSPS) is 8.88. The van der Waals surface area contributed by atoms with E-state index in [1.807, 2.05) is 0 Å². The van der Waals surface area contributed by atoms with Crippen LogP contribution in [0.3, 0.4) is 0 Å². The van der Waals surface area contributed by atoms with Crippen LogP contribution in [-0.2, 0) is 14.4 Å². The Morgan fingerprint density at radius 2 is 1.94 bits per heavy atom. The molecule has 0 aliphatic rings. The Morgan fingerprint density at radius 1 is 1.35 bits per heavy atom. The minimum atomic E-state index is -1.50. The molecule has 6 nitrogen and oxygen atoms in total. The lowest BCUT2D eigenvalue weighted by atomic mass is 10.3. The predicted octanol–water partition coefficient (Wildman–Crippen LogP) is 1.07. The number of carboxylic acid groups (broad SMARTS) is 1. The highest BCUT2D eigenvalue weighted by atomic mass is 16.7. The van der Waals surface area contributed by atoms with Crippen molar-refractivity contribution in [2.24, 2.45) is 0 Å². The van der Waals surface area contributed by atoms with Gasteiger partial charge in [0.1, 0.15) is 5.57 Å². The quantitative estimate of drug-likeness (QED) is 0.208. The van der Waals surface area contributed by atoms with E-state index in [0.29, 0.717) is 10.8 Å². The van der Waals surface area contributed by atoms with Gasteiger partial charge in [-0.1, -0.05) is 24.8 Å². The lowest BCUT2D eigenvalue weighted by Crippen LogP contribution is -2.25. The zero-order valence-electron chi connectivity index (χ0n) is 8.66. The minimum absolute atomic E-state index is 0.307.